The average Bonchev–Trinajstić information content (AvgIpc) is 2.67. The van der Waals surface area contributed by atoms with Crippen LogP contribution >= 0.6 is 15.9 Å². The van der Waals surface area contributed by atoms with Crippen LogP contribution in [0.4, 0.5) is 5.69 Å². The fraction of sp³-hybridized carbons (Fsp3) is 0.286. The van der Waals surface area contributed by atoms with Crippen LogP contribution in [0.3, 0.4) is 0 Å². The van der Waals surface area contributed by atoms with Crippen molar-refractivity contribution in [1.82, 2.24) is 9.55 Å². The third-order valence-corrected chi connectivity index (χ3v) is 5.64. The summed E-state index contributed by atoms with van der Waals surface area (Å²) in [5.41, 5.74) is 2.73. The van der Waals surface area contributed by atoms with E-state index in [-0.39, 0.29) is 23.9 Å². The number of rotatable bonds is 3. The molecule has 0 saturated heterocycles. The molecule has 138 valence electrons. The van der Waals surface area contributed by atoms with Crippen molar-refractivity contribution < 1.29 is 4.79 Å². The Hall–Kier alpha value is -2.47. The maximum atomic E-state index is 13.0. The molecule has 1 aliphatic heterocycles. The van der Waals surface area contributed by atoms with Crippen molar-refractivity contribution in [2.75, 3.05) is 4.90 Å². The summed E-state index contributed by atoms with van der Waals surface area (Å²) < 4.78 is 2.36. The highest BCUT2D eigenvalue weighted by Crippen LogP contribution is 2.31. The van der Waals surface area contributed by atoms with Crippen LogP contribution in [0.25, 0.3) is 10.9 Å². The molecule has 4 rings (SSSR count). The molecule has 0 bridgehead atoms. The average molecular weight is 426 g/mol. The van der Waals surface area contributed by atoms with Gasteiger partial charge in [0.05, 0.1) is 17.2 Å². The zero-order valence-electron chi connectivity index (χ0n) is 15.1. The normalized spacial score (nSPS) is 16.4. The van der Waals surface area contributed by atoms with E-state index in [1.54, 1.807) is 6.07 Å². The number of amides is 1. The van der Waals surface area contributed by atoms with E-state index in [1.165, 1.54) is 16.5 Å². The number of carbonyl (C=O) groups is 1. The summed E-state index contributed by atoms with van der Waals surface area (Å²) in [7, 11) is 0. The third kappa shape index (κ3) is 3.41. The van der Waals surface area contributed by atoms with Gasteiger partial charge in [0.25, 0.3) is 5.56 Å². The number of anilines is 1. The van der Waals surface area contributed by atoms with E-state index >= 15 is 0 Å². The molecule has 1 aromatic heterocycles. The number of benzene rings is 2. The Morgan fingerprint density at radius 2 is 2.07 bits per heavy atom. The number of aromatic nitrogens is 2. The van der Waals surface area contributed by atoms with Crippen molar-refractivity contribution in [2.24, 2.45) is 0 Å². The van der Waals surface area contributed by atoms with Gasteiger partial charge in [0.2, 0.25) is 5.91 Å². The Labute approximate surface area is 165 Å². The molecule has 1 amide bonds. The SMILES string of the molecule is CC1CCc2ccccc2N1C(=O)CCn1cnc2ccc(Br)cc2c1=O. The van der Waals surface area contributed by atoms with E-state index < -0.39 is 0 Å². The lowest BCUT2D eigenvalue weighted by Crippen LogP contribution is -2.42. The molecule has 0 saturated carbocycles. The van der Waals surface area contributed by atoms with E-state index in [0.29, 0.717) is 17.4 Å². The first-order valence-electron chi connectivity index (χ1n) is 9.09. The summed E-state index contributed by atoms with van der Waals surface area (Å²) in [6.07, 6.45) is 3.73. The lowest BCUT2D eigenvalue weighted by molar-refractivity contribution is -0.119. The van der Waals surface area contributed by atoms with Crippen molar-refractivity contribution >= 4 is 38.4 Å². The maximum Gasteiger partial charge on any atom is 0.261 e. The first-order chi connectivity index (χ1) is 13.0. The van der Waals surface area contributed by atoms with E-state index in [4.69, 9.17) is 0 Å². The number of fused-ring (bicyclic) bond motifs is 2. The highest BCUT2D eigenvalue weighted by molar-refractivity contribution is 9.10. The topological polar surface area (TPSA) is 55.2 Å². The summed E-state index contributed by atoms with van der Waals surface area (Å²) in [5.74, 6) is 0.0379. The van der Waals surface area contributed by atoms with Gasteiger partial charge in [-0.1, -0.05) is 34.1 Å². The van der Waals surface area contributed by atoms with E-state index in [0.717, 1.165) is 23.0 Å². The zero-order valence-corrected chi connectivity index (χ0v) is 16.6. The van der Waals surface area contributed by atoms with Gasteiger partial charge in [-0.25, -0.2) is 4.98 Å². The van der Waals surface area contributed by atoms with E-state index in [9.17, 15) is 9.59 Å². The van der Waals surface area contributed by atoms with Gasteiger partial charge in [0.15, 0.2) is 0 Å². The zero-order chi connectivity index (χ0) is 19.0. The van der Waals surface area contributed by atoms with Gasteiger partial charge >= 0.3 is 0 Å². The summed E-state index contributed by atoms with van der Waals surface area (Å²) in [4.78, 5) is 31.9. The predicted octanol–water partition coefficient (Wildman–Crippen LogP) is 3.92. The molecule has 0 radical (unpaired) electrons. The summed E-state index contributed by atoms with van der Waals surface area (Å²) in [6, 6.07) is 13.7. The largest absolute Gasteiger partial charge is 0.309 e. The Bertz CT molecular complexity index is 1080. The van der Waals surface area contributed by atoms with Gasteiger partial charge in [-0.2, -0.15) is 0 Å². The summed E-state index contributed by atoms with van der Waals surface area (Å²) >= 11 is 3.39. The molecule has 0 N–H and O–H groups in total. The number of para-hydroxylation sites is 1. The monoisotopic (exact) mass is 425 g/mol. The minimum Gasteiger partial charge on any atom is -0.309 e. The van der Waals surface area contributed by atoms with Crippen LogP contribution in [0.15, 0.2) is 58.1 Å². The second-order valence-electron chi connectivity index (χ2n) is 6.93. The van der Waals surface area contributed by atoms with Gasteiger partial charge in [-0.05, 0) is 49.6 Å². The quantitative estimate of drug-likeness (QED) is 0.638. The van der Waals surface area contributed by atoms with E-state index in [2.05, 4.69) is 33.9 Å². The Morgan fingerprint density at radius 1 is 1.26 bits per heavy atom. The van der Waals surface area contributed by atoms with Crippen LogP contribution in [0.5, 0.6) is 0 Å². The number of aryl methyl sites for hydroxylation is 2. The van der Waals surface area contributed by atoms with Crippen molar-refractivity contribution in [3.8, 4) is 0 Å². The second kappa shape index (κ2) is 7.27. The van der Waals surface area contributed by atoms with Crippen LogP contribution in [-0.2, 0) is 17.8 Å². The van der Waals surface area contributed by atoms with E-state index in [1.807, 2.05) is 35.2 Å². The molecule has 0 aliphatic carbocycles. The minimum atomic E-state index is -0.124. The standard InChI is InChI=1S/C21H20BrN3O2/c1-14-6-7-15-4-2-3-5-19(15)25(14)20(26)10-11-24-13-23-18-9-8-16(22)12-17(18)21(24)27/h2-5,8-9,12-14H,6-7,10-11H2,1H3. The highest BCUT2D eigenvalue weighted by Gasteiger charge is 2.27. The molecule has 3 aromatic rings. The fourth-order valence-electron chi connectivity index (χ4n) is 3.70. The fourth-order valence-corrected chi connectivity index (χ4v) is 4.06. The molecule has 5 nitrogen and oxygen atoms in total. The van der Waals surface area contributed by atoms with Crippen LogP contribution < -0.4 is 10.5 Å². The molecule has 0 fully saturated rings. The third-order valence-electron chi connectivity index (χ3n) is 5.14. The molecule has 1 unspecified atom stereocenters. The molecular weight excluding hydrogens is 406 g/mol. The first kappa shape index (κ1) is 17.9. The molecule has 2 heterocycles. The maximum absolute atomic E-state index is 13.0. The van der Waals surface area contributed by atoms with Gasteiger partial charge in [0, 0.05) is 29.2 Å². The molecule has 27 heavy (non-hydrogen) atoms. The van der Waals surface area contributed by atoms with Crippen LogP contribution in [0.2, 0.25) is 0 Å². The number of halogens is 1. The van der Waals surface area contributed by atoms with Gasteiger partial charge in [-0.3, -0.25) is 14.2 Å². The lowest BCUT2D eigenvalue weighted by Gasteiger charge is -2.35. The first-order valence-corrected chi connectivity index (χ1v) is 9.88. The smallest absolute Gasteiger partial charge is 0.261 e. The minimum absolute atomic E-state index is 0.0379. The summed E-state index contributed by atoms with van der Waals surface area (Å²) in [6.45, 7) is 2.40. The van der Waals surface area contributed by atoms with Crippen LogP contribution in [0, 0.1) is 0 Å². The molecule has 0 spiro atoms. The second-order valence-corrected chi connectivity index (χ2v) is 7.85. The van der Waals surface area contributed by atoms with Gasteiger partial charge in [0.1, 0.15) is 0 Å². The molecule has 6 heteroatoms. The molecule has 2 aromatic carbocycles. The van der Waals surface area contributed by atoms with Crippen molar-refractivity contribution in [3.63, 3.8) is 0 Å². The Balaban J connectivity index is 1.57. The van der Waals surface area contributed by atoms with Crippen LogP contribution in [-0.4, -0.2) is 21.5 Å². The molecule has 1 aliphatic rings. The Kier molecular flexibility index (Phi) is 4.83. The number of hydrogen-bond acceptors (Lipinski definition) is 3. The van der Waals surface area contributed by atoms with Gasteiger partial charge < -0.3 is 4.90 Å². The predicted molar refractivity (Wildman–Crippen MR) is 110 cm³/mol. The van der Waals surface area contributed by atoms with Crippen LogP contribution in [0.1, 0.15) is 25.3 Å². The Morgan fingerprint density at radius 3 is 2.93 bits per heavy atom. The van der Waals surface area contributed by atoms with Gasteiger partial charge in [-0.15, -0.1) is 0 Å². The number of nitrogens with zero attached hydrogens (tertiary/aromatic N) is 3. The van der Waals surface area contributed by atoms with Crippen molar-refractivity contribution in [3.05, 3.63) is 69.2 Å². The number of carbonyl (C=O) groups excluding carboxylic acids is 1. The highest BCUT2D eigenvalue weighted by atomic mass is 79.9. The number of hydrogen-bond donors (Lipinski definition) is 0. The van der Waals surface area contributed by atoms with Crippen molar-refractivity contribution in [1.29, 1.82) is 0 Å². The van der Waals surface area contributed by atoms with Crippen molar-refractivity contribution in [2.45, 2.75) is 38.8 Å². The molecule has 1 atom stereocenters. The lowest BCUT2D eigenvalue weighted by atomic mass is 9.96. The summed E-state index contributed by atoms with van der Waals surface area (Å²) in [5, 5.41) is 0.552. The molecular formula is C21H20BrN3O2.